The van der Waals surface area contributed by atoms with Crippen LogP contribution in [0.2, 0.25) is 0 Å². The fourth-order valence-corrected chi connectivity index (χ4v) is 1.08. The molecule has 1 amide bonds. The van der Waals surface area contributed by atoms with E-state index in [1.807, 2.05) is 6.07 Å². The zero-order valence-corrected chi connectivity index (χ0v) is 8.99. The van der Waals surface area contributed by atoms with Gasteiger partial charge in [0, 0.05) is 18.5 Å². The molecular formula is C11H13N3O2. The van der Waals surface area contributed by atoms with Crippen molar-refractivity contribution < 1.29 is 9.53 Å². The predicted molar refractivity (Wildman–Crippen MR) is 58.7 cm³/mol. The van der Waals surface area contributed by atoms with Crippen LogP contribution in [-0.4, -0.2) is 19.6 Å². The van der Waals surface area contributed by atoms with Crippen molar-refractivity contribution in [2.75, 3.05) is 13.7 Å². The number of nitriles is 1. The number of carbonyl (C=O) groups is 1. The van der Waals surface area contributed by atoms with Gasteiger partial charge in [0.05, 0.1) is 13.2 Å². The van der Waals surface area contributed by atoms with Gasteiger partial charge in [-0.3, -0.25) is 10.2 Å². The van der Waals surface area contributed by atoms with Crippen LogP contribution in [0.3, 0.4) is 0 Å². The highest BCUT2D eigenvalue weighted by molar-refractivity contribution is 5.93. The molecule has 2 N–H and O–H groups in total. The van der Waals surface area contributed by atoms with Crippen LogP contribution in [-0.2, 0) is 0 Å². The topological polar surface area (TPSA) is 74.2 Å². The summed E-state index contributed by atoms with van der Waals surface area (Å²) in [5.74, 6) is 0.467. The summed E-state index contributed by atoms with van der Waals surface area (Å²) < 4.78 is 4.98. The molecule has 5 nitrogen and oxygen atoms in total. The monoisotopic (exact) mass is 219 g/mol. The maximum atomic E-state index is 11.5. The Labute approximate surface area is 94.0 Å². The number of amides is 1. The van der Waals surface area contributed by atoms with Crippen molar-refractivity contribution in [1.29, 1.82) is 5.26 Å². The molecule has 1 aromatic carbocycles. The molecule has 0 saturated heterocycles. The summed E-state index contributed by atoms with van der Waals surface area (Å²) in [5, 5.41) is 8.29. The molecule has 0 atom stereocenters. The van der Waals surface area contributed by atoms with Crippen molar-refractivity contribution >= 4 is 5.91 Å². The summed E-state index contributed by atoms with van der Waals surface area (Å²) >= 11 is 0. The predicted octanol–water partition coefficient (Wildman–Crippen LogP) is 0.843. The Morgan fingerprint density at radius 1 is 1.44 bits per heavy atom. The highest BCUT2D eigenvalue weighted by atomic mass is 16.5. The number of nitrogens with zero attached hydrogens (tertiary/aromatic N) is 1. The van der Waals surface area contributed by atoms with Crippen molar-refractivity contribution in [3.05, 3.63) is 29.8 Å². The molecule has 0 aliphatic carbocycles. The minimum absolute atomic E-state index is 0.236. The molecule has 0 unspecified atom stereocenters. The fourth-order valence-electron chi connectivity index (χ4n) is 1.08. The number of ether oxygens (including phenoxy) is 1. The molecule has 0 saturated carbocycles. The lowest BCUT2D eigenvalue weighted by Gasteiger charge is -2.05. The Bertz CT molecular complexity index is 381. The lowest BCUT2D eigenvalue weighted by Crippen LogP contribution is -2.37. The molecule has 16 heavy (non-hydrogen) atoms. The fraction of sp³-hybridized carbons (Fsp3) is 0.273. The maximum Gasteiger partial charge on any atom is 0.265 e. The molecule has 5 heteroatoms. The smallest absolute Gasteiger partial charge is 0.265 e. The second-order valence-corrected chi connectivity index (χ2v) is 3.02. The number of hydrogen-bond acceptors (Lipinski definition) is 4. The Morgan fingerprint density at radius 2 is 2.12 bits per heavy atom. The van der Waals surface area contributed by atoms with Gasteiger partial charge in [-0.25, -0.2) is 5.43 Å². The molecule has 0 aliphatic heterocycles. The Morgan fingerprint density at radius 3 is 2.69 bits per heavy atom. The molecule has 0 aliphatic rings. The van der Waals surface area contributed by atoms with Crippen LogP contribution in [0.4, 0.5) is 0 Å². The normalized spacial score (nSPS) is 9.25. The zero-order chi connectivity index (χ0) is 11.8. The van der Waals surface area contributed by atoms with Gasteiger partial charge in [-0.2, -0.15) is 5.26 Å². The van der Waals surface area contributed by atoms with Gasteiger partial charge in [0.15, 0.2) is 0 Å². The first kappa shape index (κ1) is 12.0. The first-order valence-electron chi connectivity index (χ1n) is 4.82. The van der Waals surface area contributed by atoms with E-state index in [0.717, 1.165) is 0 Å². The molecule has 0 fully saturated rings. The number of benzene rings is 1. The third-order valence-electron chi connectivity index (χ3n) is 1.92. The highest BCUT2D eigenvalue weighted by Gasteiger charge is 2.03. The van der Waals surface area contributed by atoms with Crippen molar-refractivity contribution in [1.82, 2.24) is 10.9 Å². The molecule has 0 spiro atoms. The highest BCUT2D eigenvalue weighted by Crippen LogP contribution is 2.10. The van der Waals surface area contributed by atoms with Crippen LogP contribution in [0.1, 0.15) is 16.8 Å². The van der Waals surface area contributed by atoms with Crippen LogP contribution in [0, 0.1) is 11.3 Å². The molecule has 0 heterocycles. The summed E-state index contributed by atoms with van der Waals surface area (Å²) in [5.41, 5.74) is 5.68. The standard InChI is InChI=1S/C11H13N3O2/c1-16-10-5-3-9(4-6-10)11(15)14-13-8-2-7-12/h3-6,13H,2,8H2,1H3,(H,14,15). The van der Waals surface area contributed by atoms with E-state index in [4.69, 9.17) is 10.00 Å². The Kier molecular flexibility index (Phi) is 4.83. The van der Waals surface area contributed by atoms with E-state index >= 15 is 0 Å². The van der Waals surface area contributed by atoms with Crippen LogP contribution >= 0.6 is 0 Å². The summed E-state index contributed by atoms with van der Waals surface area (Å²) in [6.45, 7) is 0.429. The number of hydrogen-bond donors (Lipinski definition) is 2. The second-order valence-electron chi connectivity index (χ2n) is 3.02. The largest absolute Gasteiger partial charge is 0.497 e. The van der Waals surface area contributed by atoms with Crippen LogP contribution in [0.15, 0.2) is 24.3 Å². The maximum absolute atomic E-state index is 11.5. The number of nitrogens with one attached hydrogen (secondary N) is 2. The van der Waals surface area contributed by atoms with E-state index in [9.17, 15) is 4.79 Å². The Balaban J connectivity index is 2.44. The van der Waals surface area contributed by atoms with Gasteiger partial charge >= 0.3 is 0 Å². The van der Waals surface area contributed by atoms with Gasteiger partial charge in [0.1, 0.15) is 5.75 Å². The number of hydrazine groups is 1. The molecule has 84 valence electrons. The average molecular weight is 219 g/mol. The summed E-state index contributed by atoms with van der Waals surface area (Å²) in [6, 6.07) is 8.72. The molecular weight excluding hydrogens is 206 g/mol. The van der Waals surface area contributed by atoms with Gasteiger partial charge in [-0.1, -0.05) is 0 Å². The van der Waals surface area contributed by atoms with Gasteiger partial charge in [0.2, 0.25) is 0 Å². The number of carbonyl (C=O) groups excluding carboxylic acids is 1. The molecule has 0 aromatic heterocycles. The van der Waals surface area contributed by atoms with Crippen molar-refractivity contribution in [2.24, 2.45) is 0 Å². The zero-order valence-electron chi connectivity index (χ0n) is 8.99. The van der Waals surface area contributed by atoms with E-state index in [0.29, 0.717) is 24.3 Å². The molecule has 0 bridgehead atoms. The van der Waals surface area contributed by atoms with Gasteiger partial charge in [-0.05, 0) is 24.3 Å². The first-order valence-corrected chi connectivity index (χ1v) is 4.82. The quantitative estimate of drug-likeness (QED) is 0.568. The number of rotatable bonds is 5. The minimum Gasteiger partial charge on any atom is -0.497 e. The van der Waals surface area contributed by atoms with Crippen LogP contribution in [0.5, 0.6) is 5.75 Å². The van der Waals surface area contributed by atoms with Crippen molar-refractivity contribution in [3.63, 3.8) is 0 Å². The molecule has 1 rings (SSSR count). The van der Waals surface area contributed by atoms with Gasteiger partial charge < -0.3 is 4.74 Å². The second kappa shape index (κ2) is 6.43. The minimum atomic E-state index is -0.236. The third-order valence-corrected chi connectivity index (χ3v) is 1.92. The lowest BCUT2D eigenvalue weighted by molar-refractivity contribution is 0.0933. The summed E-state index contributed by atoms with van der Waals surface area (Å²) in [6.07, 6.45) is 0.350. The van der Waals surface area contributed by atoms with E-state index in [1.54, 1.807) is 31.4 Å². The molecule has 1 aromatic rings. The van der Waals surface area contributed by atoms with Crippen molar-refractivity contribution in [2.45, 2.75) is 6.42 Å². The van der Waals surface area contributed by atoms with E-state index < -0.39 is 0 Å². The first-order chi connectivity index (χ1) is 7.77. The lowest BCUT2D eigenvalue weighted by atomic mass is 10.2. The van der Waals surface area contributed by atoms with Crippen LogP contribution in [0.25, 0.3) is 0 Å². The average Bonchev–Trinajstić information content (AvgIpc) is 2.34. The van der Waals surface area contributed by atoms with Gasteiger partial charge in [-0.15, -0.1) is 0 Å². The number of methoxy groups -OCH3 is 1. The molecule has 0 radical (unpaired) electrons. The van der Waals surface area contributed by atoms with Crippen molar-refractivity contribution in [3.8, 4) is 11.8 Å². The summed E-state index contributed by atoms with van der Waals surface area (Å²) in [7, 11) is 1.57. The van der Waals surface area contributed by atoms with E-state index in [2.05, 4.69) is 10.9 Å². The third kappa shape index (κ3) is 3.59. The van der Waals surface area contributed by atoms with Crippen LogP contribution < -0.4 is 15.6 Å². The van der Waals surface area contributed by atoms with E-state index in [1.165, 1.54) is 0 Å². The van der Waals surface area contributed by atoms with E-state index in [-0.39, 0.29) is 5.91 Å². The summed E-state index contributed by atoms with van der Waals surface area (Å²) in [4.78, 5) is 11.5. The SMILES string of the molecule is COc1ccc(C(=O)NNCCC#N)cc1. The van der Waals surface area contributed by atoms with Gasteiger partial charge in [0.25, 0.3) is 5.91 Å². The Hall–Kier alpha value is -2.06.